The molecule has 0 bridgehead atoms. The number of benzene rings is 1. The van der Waals surface area contributed by atoms with Crippen molar-refractivity contribution in [2.75, 3.05) is 6.61 Å². The third kappa shape index (κ3) is 3.44. The molecule has 2 heterocycles. The van der Waals surface area contributed by atoms with Crippen LogP contribution in [-0.2, 0) is 13.0 Å². The Hall–Kier alpha value is -2.17. The van der Waals surface area contributed by atoms with E-state index in [0.29, 0.717) is 6.54 Å². The van der Waals surface area contributed by atoms with Gasteiger partial charge in [0.05, 0.1) is 24.5 Å². The summed E-state index contributed by atoms with van der Waals surface area (Å²) in [6.07, 6.45) is 4.95. The maximum atomic E-state index is 9.70. The van der Waals surface area contributed by atoms with Crippen molar-refractivity contribution in [3.63, 3.8) is 0 Å². The number of aromatic nitrogens is 2. The van der Waals surface area contributed by atoms with E-state index in [1.165, 1.54) is 11.1 Å². The van der Waals surface area contributed by atoms with Crippen LogP contribution in [0.3, 0.4) is 0 Å². The number of nitrogens with one attached hydrogen (secondary N) is 1. The first-order valence-corrected chi connectivity index (χ1v) is 8.07. The second kappa shape index (κ2) is 6.94. The van der Waals surface area contributed by atoms with E-state index < -0.39 is 0 Å². The highest BCUT2D eigenvalue weighted by molar-refractivity contribution is 5.43. The highest BCUT2D eigenvalue weighted by atomic mass is 16.3. The molecule has 1 atom stereocenters. The molecule has 120 valence electrons. The fourth-order valence-electron chi connectivity index (χ4n) is 2.77. The molecule has 3 aromatic rings. The zero-order valence-electron chi connectivity index (χ0n) is 13.7. The molecule has 2 aromatic heterocycles. The van der Waals surface area contributed by atoms with Gasteiger partial charge in [-0.3, -0.25) is 0 Å². The van der Waals surface area contributed by atoms with Crippen LogP contribution < -0.4 is 5.32 Å². The van der Waals surface area contributed by atoms with Crippen LogP contribution in [0, 0.1) is 6.92 Å². The zero-order valence-corrected chi connectivity index (χ0v) is 13.7. The topological polar surface area (TPSA) is 49.6 Å². The summed E-state index contributed by atoms with van der Waals surface area (Å²) in [6.45, 7) is 4.93. The standard InChI is InChI=1S/C19H23N3O/c1-3-15-4-6-16(7-5-15)18(13-23)20-11-17-12-21-19-10-14(2)8-9-22(17)19/h4-10,12,18,20,23H,3,11,13H2,1-2H3. The van der Waals surface area contributed by atoms with Gasteiger partial charge in [0.2, 0.25) is 0 Å². The van der Waals surface area contributed by atoms with Gasteiger partial charge in [-0.15, -0.1) is 0 Å². The van der Waals surface area contributed by atoms with Crippen LogP contribution in [0.4, 0.5) is 0 Å². The molecule has 0 spiro atoms. The second-order valence-electron chi connectivity index (χ2n) is 5.89. The van der Waals surface area contributed by atoms with Crippen molar-refractivity contribution in [1.82, 2.24) is 14.7 Å². The third-order valence-corrected chi connectivity index (χ3v) is 4.25. The van der Waals surface area contributed by atoms with Crippen LogP contribution in [-0.4, -0.2) is 21.1 Å². The molecule has 0 saturated heterocycles. The Kier molecular flexibility index (Phi) is 4.74. The average molecular weight is 309 g/mol. The van der Waals surface area contributed by atoms with Crippen molar-refractivity contribution in [2.45, 2.75) is 32.9 Å². The first-order chi connectivity index (χ1) is 11.2. The molecular formula is C19H23N3O. The third-order valence-electron chi connectivity index (χ3n) is 4.25. The maximum absolute atomic E-state index is 9.70. The molecular weight excluding hydrogens is 286 g/mol. The van der Waals surface area contributed by atoms with Crippen molar-refractivity contribution in [3.8, 4) is 0 Å². The number of nitrogens with zero attached hydrogens (tertiary/aromatic N) is 2. The molecule has 2 N–H and O–H groups in total. The highest BCUT2D eigenvalue weighted by Crippen LogP contribution is 2.16. The average Bonchev–Trinajstić information content (AvgIpc) is 2.98. The quantitative estimate of drug-likeness (QED) is 0.736. The lowest BCUT2D eigenvalue weighted by Crippen LogP contribution is -2.24. The lowest BCUT2D eigenvalue weighted by Gasteiger charge is -2.17. The molecule has 0 radical (unpaired) electrons. The molecule has 4 heteroatoms. The van der Waals surface area contributed by atoms with Crippen molar-refractivity contribution in [1.29, 1.82) is 0 Å². The first kappa shape index (κ1) is 15.7. The first-order valence-electron chi connectivity index (χ1n) is 8.07. The molecule has 0 fully saturated rings. The Morgan fingerprint density at radius 3 is 2.70 bits per heavy atom. The van der Waals surface area contributed by atoms with Crippen molar-refractivity contribution in [3.05, 3.63) is 71.2 Å². The Morgan fingerprint density at radius 2 is 2.00 bits per heavy atom. The summed E-state index contributed by atoms with van der Waals surface area (Å²) >= 11 is 0. The van der Waals surface area contributed by atoms with Gasteiger partial charge in [0, 0.05) is 12.7 Å². The molecule has 23 heavy (non-hydrogen) atoms. The minimum Gasteiger partial charge on any atom is -0.394 e. The zero-order chi connectivity index (χ0) is 16.2. The molecule has 3 rings (SSSR count). The Bertz CT molecular complexity index is 777. The van der Waals surface area contributed by atoms with E-state index in [9.17, 15) is 5.11 Å². The van der Waals surface area contributed by atoms with E-state index in [1.54, 1.807) is 0 Å². The van der Waals surface area contributed by atoms with Gasteiger partial charge in [0.15, 0.2) is 0 Å². The Morgan fingerprint density at radius 1 is 1.22 bits per heavy atom. The van der Waals surface area contributed by atoms with E-state index in [2.05, 4.69) is 64.9 Å². The summed E-state index contributed by atoms with van der Waals surface area (Å²) in [6, 6.07) is 12.5. The fraction of sp³-hybridized carbons (Fsp3) is 0.316. The minimum atomic E-state index is -0.0723. The van der Waals surface area contributed by atoms with Crippen molar-refractivity contribution in [2.24, 2.45) is 0 Å². The predicted molar refractivity (Wildman–Crippen MR) is 92.4 cm³/mol. The van der Waals surface area contributed by atoms with E-state index in [4.69, 9.17) is 0 Å². The SMILES string of the molecule is CCc1ccc(C(CO)NCc2cnc3cc(C)ccn23)cc1. The lowest BCUT2D eigenvalue weighted by molar-refractivity contribution is 0.243. The fourth-order valence-corrected chi connectivity index (χ4v) is 2.77. The monoisotopic (exact) mass is 309 g/mol. The molecule has 1 unspecified atom stereocenters. The van der Waals surface area contributed by atoms with Gasteiger partial charge in [-0.1, -0.05) is 31.2 Å². The van der Waals surface area contributed by atoms with Crippen LogP contribution in [0.2, 0.25) is 0 Å². The molecule has 4 nitrogen and oxygen atoms in total. The van der Waals surface area contributed by atoms with Crippen molar-refractivity contribution >= 4 is 5.65 Å². The predicted octanol–water partition coefficient (Wildman–Crippen LogP) is 3.03. The van der Waals surface area contributed by atoms with Crippen LogP contribution in [0.25, 0.3) is 5.65 Å². The maximum Gasteiger partial charge on any atom is 0.137 e. The molecule has 0 aliphatic rings. The number of aryl methyl sites for hydroxylation is 2. The van der Waals surface area contributed by atoms with Gasteiger partial charge < -0.3 is 14.8 Å². The summed E-state index contributed by atoms with van der Waals surface area (Å²) in [7, 11) is 0. The number of rotatable bonds is 6. The number of aliphatic hydroxyl groups excluding tert-OH is 1. The number of hydrogen-bond donors (Lipinski definition) is 2. The van der Waals surface area contributed by atoms with E-state index in [-0.39, 0.29) is 12.6 Å². The lowest BCUT2D eigenvalue weighted by atomic mass is 10.0. The normalized spacial score (nSPS) is 12.7. The van der Waals surface area contributed by atoms with Gasteiger partial charge in [-0.05, 0) is 42.2 Å². The van der Waals surface area contributed by atoms with Gasteiger partial charge in [-0.25, -0.2) is 4.98 Å². The summed E-state index contributed by atoms with van der Waals surface area (Å²) in [5.74, 6) is 0. The van der Waals surface area contributed by atoms with E-state index in [1.807, 2.05) is 12.4 Å². The number of fused-ring (bicyclic) bond motifs is 1. The molecule has 1 aromatic carbocycles. The molecule has 0 amide bonds. The van der Waals surface area contributed by atoms with Gasteiger partial charge in [-0.2, -0.15) is 0 Å². The Labute approximate surface area is 136 Å². The molecule has 0 aliphatic heterocycles. The summed E-state index contributed by atoms with van der Waals surface area (Å²) in [4.78, 5) is 4.44. The number of hydrogen-bond acceptors (Lipinski definition) is 3. The van der Waals surface area contributed by atoms with Crippen LogP contribution in [0.1, 0.15) is 35.3 Å². The largest absolute Gasteiger partial charge is 0.394 e. The van der Waals surface area contributed by atoms with Gasteiger partial charge in [0.1, 0.15) is 5.65 Å². The molecule has 0 aliphatic carbocycles. The van der Waals surface area contributed by atoms with Crippen LogP contribution >= 0.6 is 0 Å². The Balaban J connectivity index is 1.73. The second-order valence-corrected chi connectivity index (χ2v) is 5.89. The van der Waals surface area contributed by atoms with Gasteiger partial charge in [0.25, 0.3) is 0 Å². The van der Waals surface area contributed by atoms with E-state index >= 15 is 0 Å². The van der Waals surface area contributed by atoms with Crippen molar-refractivity contribution < 1.29 is 5.11 Å². The highest BCUT2D eigenvalue weighted by Gasteiger charge is 2.11. The van der Waals surface area contributed by atoms with Gasteiger partial charge >= 0.3 is 0 Å². The minimum absolute atomic E-state index is 0.0708. The van der Waals surface area contributed by atoms with Crippen LogP contribution in [0.15, 0.2) is 48.8 Å². The van der Waals surface area contributed by atoms with E-state index in [0.717, 1.165) is 23.3 Å². The summed E-state index contributed by atoms with van der Waals surface area (Å²) in [5, 5.41) is 13.1. The number of pyridine rings is 1. The molecule has 0 saturated carbocycles. The summed E-state index contributed by atoms with van der Waals surface area (Å²) in [5.41, 5.74) is 5.65. The number of imidazole rings is 1. The smallest absolute Gasteiger partial charge is 0.137 e. The number of aliphatic hydroxyl groups is 1. The van der Waals surface area contributed by atoms with Crippen LogP contribution in [0.5, 0.6) is 0 Å². The summed E-state index contributed by atoms with van der Waals surface area (Å²) < 4.78 is 2.08.